The largest absolute Gasteiger partial charge is 0.394 e. The number of hydrogen-bond acceptors (Lipinski definition) is 4. The summed E-state index contributed by atoms with van der Waals surface area (Å²) in [6.45, 7) is 5.70. The molecule has 19 heavy (non-hydrogen) atoms. The van der Waals surface area contributed by atoms with Gasteiger partial charge in [0.15, 0.2) is 0 Å². The molecule has 0 bridgehead atoms. The van der Waals surface area contributed by atoms with Crippen molar-refractivity contribution in [3.8, 4) is 0 Å². The Kier molecular flexibility index (Phi) is 4.04. The number of aromatic nitrogens is 3. The molecule has 5 heteroatoms. The van der Waals surface area contributed by atoms with E-state index in [2.05, 4.69) is 21.9 Å². The van der Waals surface area contributed by atoms with Crippen LogP contribution in [0.5, 0.6) is 0 Å². The average molecular weight is 259 g/mol. The van der Waals surface area contributed by atoms with Gasteiger partial charge in [-0.05, 0) is 26.0 Å². The smallest absolute Gasteiger partial charge is 0.150 e. The zero-order valence-corrected chi connectivity index (χ0v) is 11.8. The number of nitrogens with two attached hydrogens (primary N) is 1. The highest BCUT2D eigenvalue weighted by molar-refractivity contribution is 5.65. The Labute approximate surface area is 114 Å². The quantitative estimate of drug-likeness (QED) is 0.890. The van der Waals surface area contributed by atoms with Gasteiger partial charge in [-0.2, -0.15) is 5.10 Å². The minimum Gasteiger partial charge on any atom is -0.394 e. The fraction of sp³-hybridized carbons (Fsp3) is 0.429. The van der Waals surface area contributed by atoms with Crippen LogP contribution in [0, 0.1) is 6.92 Å². The van der Waals surface area contributed by atoms with Crippen LogP contribution in [0.2, 0.25) is 0 Å². The molecule has 0 saturated heterocycles. The second kappa shape index (κ2) is 5.73. The Morgan fingerprint density at radius 2 is 2.16 bits per heavy atom. The molecule has 0 aliphatic rings. The lowest BCUT2D eigenvalue weighted by atomic mass is 10.2. The Morgan fingerprint density at radius 1 is 1.37 bits per heavy atom. The molecule has 0 aliphatic heterocycles. The lowest BCUT2D eigenvalue weighted by molar-refractivity contribution is 0.639. The Balaban J connectivity index is 2.10. The van der Waals surface area contributed by atoms with Crippen molar-refractivity contribution in [2.24, 2.45) is 0 Å². The van der Waals surface area contributed by atoms with E-state index in [4.69, 9.17) is 5.73 Å². The first kappa shape index (κ1) is 13.4. The van der Waals surface area contributed by atoms with E-state index in [0.717, 1.165) is 42.4 Å². The molecule has 0 spiro atoms. The molecule has 0 saturated carbocycles. The van der Waals surface area contributed by atoms with Crippen molar-refractivity contribution in [2.45, 2.75) is 26.8 Å². The first-order valence-corrected chi connectivity index (χ1v) is 6.57. The van der Waals surface area contributed by atoms with Gasteiger partial charge >= 0.3 is 0 Å². The van der Waals surface area contributed by atoms with Gasteiger partial charge in [0, 0.05) is 38.4 Å². The van der Waals surface area contributed by atoms with Gasteiger partial charge in [-0.25, -0.2) is 4.68 Å². The summed E-state index contributed by atoms with van der Waals surface area (Å²) in [6.07, 6.45) is 2.72. The topological polar surface area (TPSA) is 60.0 Å². The molecule has 2 N–H and O–H groups in total. The van der Waals surface area contributed by atoms with Gasteiger partial charge in [0.25, 0.3) is 0 Å². The number of rotatable bonds is 5. The molecule has 2 aromatic heterocycles. The maximum atomic E-state index is 6.11. The molecule has 0 amide bonds. The number of anilines is 2. The fourth-order valence-electron chi connectivity index (χ4n) is 2.14. The summed E-state index contributed by atoms with van der Waals surface area (Å²) >= 11 is 0. The van der Waals surface area contributed by atoms with Crippen LogP contribution in [0.3, 0.4) is 0 Å². The molecule has 2 aromatic rings. The van der Waals surface area contributed by atoms with Crippen LogP contribution in [0.1, 0.15) is 18.3 Å². The third-order valence-corrected chi connectivity index (χ3v) is 3.24. The third kappa shape index (κ3) is 2.86. The zero-order chi connectivity index (χ0) is 13.8. The van der Waals surface area contributed by atoms with E-state index >= 15 is 0 Å². The van der Waals surface area contributed by atoms with Gasteiger partial charge < -0.3 is 10.6 Å². The molecule has 5 nitrogen and oxygen atoms in total. The molecule has 2 rings (SSSR count). The highest BCUT2D eigenvalue weighted by atomic mass is 15.4. The monoisotopic (exact) mass is 259 g/mol. The van der Waals surface area contributed by atoms with E-state index in [-0.39, 0.29) is 0 Å². The summed E-state index contributed by atoms with van der Waals surface area (Å²) in [7, 11) is 2.04. The number of nitrogens with zero attached hydrogens (tertiary/aromatic N) is 4. The standard InChI is InChI=1S/C14H21N5/c1-4-19-14(13(15)11(2)17-19)18(3)10-8-12-7-5-6-9-16-12/h5-7,9H,4,8,10,15H2,1-3H3. The van der Waals surface area contributed by atoms with Gasteiger partial charge in [0.2, 0.25) is 0 Å². The molecule has 0 aliphatic carbocycles. The SMILES string of the molecule is CCn1nc(C)c(N)c1N(C)CCc1ccccn1. The first-order chi connectivity index (χ1) is 9.13. The number of pyridine rings is 1. The maximum absolute atomic E-state index is 6.11. The van der Waals surface area contributed by atoms with E-state index in [1.807, 2.05) is 43.0 Å². The Morgan fingerprint density at radius 3 is 2.79 bits per heavy atom. The van der Waals surface area contributed by atoms with Crippen molar-refractivity contribution in [3.05, 3.63) is 35.8 Å². The van der Waals surface area contributed by atoms with Crippen LogP contribution in [0.4, 0.5) is 11.5 Å². The third-order valence-electron chi connectivity index (χ3n) is 3.24. The van der Waals surface area contributed by atoms with Gasteiger partial charge in [-0.15, -0.1) is 0 Å². The van der Waals surface area contributed by atoms with Gasteiger partial charge in [-0.1, -0.05) is 6.07 Å². The Bertz CT molecular complexity index is 532. The normalized spacial score (nSPS) is 10.7. The Hall–Kier alpha value is -2.04. The molecular weight excluding hydrogens is 238 g/mol. The predicted molar refractivity (Wildman–Crippen MR) is 78.3 cm³/mol. The number of likely N-dealkylation sites (N-methyl/N-ethyl adjacent to an activating group) is 1. The van der Waals surface area contributed by atoms with E-state index in [1.165, 1.54) is 0 Å². The van der Waals surface area contributed by atoms with E-state index < -0.39 is 0 Å². The second-order valence-corrected chi connectivity index (χ2v) is 4.63. The molecule has 0 unspecified atom stereocenters. The van der Waals surface area contributed by atoms with Crippen molar-refractivity contribution in [1.82, 2.24) is 14.8 Å². The molecule has 102 valence electrons. The minimum atomic E-state index is 0.769. The number of hydrogen-bond donors (Lipinski definition) is 1. The van der Waals surface area contributed by atoms with Gasteiger partial charge in [0.05, 0.1) is 11.4 Å². The molecular formula is C14H21N5. The van der Waals surface area contributed by atoms with Crippen LogP contribution < -0.4 is 10.6 Å². The predicted octanol–water partition coefficient (Wildman–Crippen LogP) is 1.87. The molecule has 0 fully saturated rings. The van der Waals surface area contributed by atoms with E-state index in [0.29, 0.717) is 0 Å². The van der Waals surface area contributed by atoms with Gasteiger partial charge in [-0.3, -0.25) is 4.98 Å². The van der Waals surface area contributed by atoms with Gasteiger partial charge in [0.1, 0.15) is 5.82 Å². The van der Waals surface area contributed by atoms with Crippen molar-refractivity contribution < 1.29 is 0 Å². The highest BCUT2D eigenvalue weighted by Crippen LogP contribution is 2.25. The lowest BCUT2D eigenvalue weighted by Crippen LogP contribution is -2.24. The zero-order valence-electron chi connectivity index (χ0n) is 11.8. The summed E-state index contributed by atoms with van der Waals surface area (Å²) in [6, 6.07) is 5.98. The van der Waals surface area contributed by atoms with Crippen LogP contribution in [-0.4, -0.2) is 28.4 Å². The summed E-state index contributed by atoms with van der Waals surface area (Å²) in [5, 5.41) is 4.44. The number of nitrogen functional groups attached to an aromatic ring is 1. The summed E-state index contributed by atoms with van der Waals surface area (Å²) in [5.74, 6) is 0.996. The highest BCUT2D eigenvalue weighted by Gasteiger charge is 2.15. The minimum absolute atomic E-state index is 0.769. The number of aryl methyl sites for hydroxylation is 2. The van der Waals surface area contributed by atoms with Crippen LogP contribution >= 0.6 is 0 Å². The molecule has 0 radical (unpaired) electrons. The molecule has 0 atom stereocenters. The first-order valence-electron chi connectivity index (χ1n) is 6.57. The van der Waals surface area contributed by atoms with Crippen molar-refractivity contribution in [1.29, 1.82) is 0 Å². The van der Waals surface area contributed by atoms with E-state index in [1.54, 1.807) is 0 Å². The summed E-state index contributed by atoms with van der Waals surface area (Å²) < 4.78 is 1.95. The van der Waals surface area contributed by atoms with E-state index in [9.17, 15) is 0 Å². The summed E-state index contributed by atoms with van der Waals surface area (Å²) in [4.78, 5) is 6.48. The fourth-order valence-corrected chi connectivity index (χ4v) is 2.14. The maximum Gasteiger partial charge on any atom is 0.150 e. The van der Waals surface area contributed by atoms with Crippen LogP contribution in [0.25, 0.3) is 0 Å². The molecule has 2 heterocycles. The lowest BCUT2D eigenvalue weighted by Gasteiger charge is -2.20. The van der Waals surface area contributed by atoms with Crippen molar-refractivity contribution >= 4 is 11.5 Å². The second-order valence-electron chi connectivity index (χ2n) is 4.63. The van der Waals surface area contributed by atoms with Crippen LogP contribution in [-0.2, 0) is 13.0 Å². The molecule has 0 aromatic carbocycles. The average Bonchev–Trinajstić information content (AvgIpc) is 2.73. The van der Waals surface area contributed by atoms with Crippen LogP contribution in [0.15, 0.2) is 24.4 Å². The van der Waals surface area contributed by atoms with Crippen molar-refractivity contribution in [3.63, 3.8) is 0 Å². The summed E-state index contributed by atoms with van der Waals surface area (Å²) in [5.41, 5.74) is 8.86. The van der Waals surface area contributed by atoms with Crippen molar-refractivity contribution in [2.75, 3.05) is 24.2 Å².